The van der Waals surface area contributed by atoms with Gasteiger partial charge in [0.2, 0.25) is 0 Å². The van der Waals surface area contributed by atoms with E-state index >= 15 is 0 Å². The molecule has 4 heteroatoms. The van der Waals surface area contributed by atoms with E-state index in [9.17, 15) is 0 Å². The summed E-state index contributed by atoms with van der Waals surface area (Å²) >= 11 is 0. The van der Waals surface area contributed by atoms with Crippen molar-refractivity contribution in [1.29, 1.82) is 0 Å². The first kappa shape index (κ1) is 34.9. The lowest BCUT2D eigenvalue weighted by atomic mass is 9.72. The number of nitrogens with zero attached hydrogens (tertiary/aromatic N) is 3. The highest BCUT2D eigenvalue weighted by atomic mass is 16.3. The van der Waals surface area contributed by atoms with E-state index in [0.29, 0.717) is 0 Å². The van der Waals surface area contributed by atoms with Gasteiger partial charge in [-0.3, -0.25) is 9.97 Å². The van der Waals surface area contributed by atoms with Crippen LogP contribution in [0.25, 0.3) is 66.1 Å². The van der Waals surface area contributed by atoms with E-state index in [4.69, 9.17) is 14.4 Å². The first-order chi connectivity index (χ1) is 30.2. The molecule has 1 aliphatic carbocycles. The molecule has 11 aromatic rings. The van der Waals surface area contributed by atoms with E-state index in [0.717, 1.165) is 78.2 Å². The van der Waals surface area contributed by atoms with Crippen molar-refractivity contribution in [3.05, 3.63) is 247 Å². The first-order valence-electron chi connectivity index (χ1n) is 20.7. The van der Waals surface area contributed by atoms with Crippen molar-refractivity contribution in [3.8, 4) is 33.4 Å². The molecule has 0 amide bonds. The average Bonchev–Trinajstić information content (AvgIpc) is 3.87. The molecule has 3 heterocycles. The number of fused-ring (bicyclic) bond motifs is 8. The Balaban J connectivity index is 1.01. The van der Waals surface area contributed by atoms with Gasteiger partial charge in [-0.1, -0.05) is 152 Å². The number of rotatable bonds is 7. The summed E-state index contributed by atoms with van der Waals surface area (Å²) in [6, 6.07) is 75.3. The predicted octanol–water partition coefficient (Wildman–Crippen LogP) is 14.7. The molecule has 0 aliphatic heterocycles. The van der Waals surface area contributed by atoms with Crippen LogP contribution < -0.4 is 4.90 Å². The zero-order chi connectivity index (χ0) is 40.3. The van der Waals surface area contributed by atoms with Crippen molar-refractivity contribution in [2.24, 2.45) is 0 Å². The molecule has 0 fully saturated rings. The molecule has 0 N–H and O–H groups in total. The summed E-state index contributed by atoms with van der Waals surface area (Å²) in [5, 5.41) is 4.68. The Morgan fingerprint density at radius 3 is 1.82 bits per heavy atom. The molecule has 1 atom stereocenters. The van der Waals surface area contributed by atoms with E-state index < -0.39 is 5.41 Å². The standard InChI is InChI=1S/C57H37N3O/c1-2-12-38(13-3-1)40-23-27-44(28-24-40)60(45-29-25-41(26-30-45)43-22-21-39-14-4-5-15-42(39)36-43)46-31-34-54(59-37-46)57(53-20-10-11-35-58-53)50-18-8-6-17-49(50)55-51(57)33-32-48-47-16-7-9-19-52(47)61-56(48)55/h1-37H. The molecule has 3 aromatic heterocycles. The molecule has 0 bridgehead atoms. The summed E-state index contributed by atoms with van der Waals surface area (Å²) in [5.41, 5.74) is 15.0. The SMILES string of the molecule is c1ccc(-c2ccc(N(c3ccc(-c4ccc5ccccc5c4)cc3)c3ccc(C4(c5ccccn5)c5ccccc5-c5c4ccc4c5oc5ccccc54)nc3)cc2)cc1. The number of benzene rings is 8. The van der Waals surface area contributed by atoms with Gasteiger partial charge in [-0.25, -0.2) is 0 Å². The van der Waals surface area contributed by atoms with Crippen LogP contribution in [-0.4, -0.2) is 9.97 Å². The number of furan rings is 1. The van der Waals surface area contributed by atoms with Crippen LogP contribution in [0.4, 0.5) is 17.1 Å². The number of pyridine rings is 2. The van der Waals surface area contributed by atoms with Gasteiger partial charge in [0, 0.05) is 33.9 Å². The van der Waals surface area contributed by atoms with E-state index in [-0.39, 0.29) is 0 Å². The molecule has 1 unspecified atom stereocenters. The molecular weight excluding hydrogens is 743 g/mol. The second kappa shape index (κ2) is 14.0. The molecule has 1 aliphatic rings. The fourth-order valence-electron chi connectivity index (χ4n) is 9.60. The molecule has 0 saturated heterocycles. The molecule has 4 nitrogen and oxygen atoms in total. The molecule has 0 saturated carbocycles. The van der Waals surface area contributed by atoms with Crippen molar-refractivity contribution >= 4 is 49.8 Å². The van der Waals surface area contributed by atoms with Gasteiger partial charge in [0.05, 0.1) is 23.3 Å². The van der Waals surface area contributed by atoms with Gasteiger partial charge in [0.1, 0.15) is 16.6 Å². The van der Waals surface area contributed by atoms with Crippen LogP contribution in [0.5, 0.6) is 0 Å². The van der Waals surface area contributed by atoms with Crippen molar-refractivity contribution in [2.75, 3.05) is 4.90 Å². The van der Waals surface area contributed by atoms with Gasteiger partial charge in [0.25, 0.3) is 0 Å². The second-order valence-electron chi connectivity index (χ2n) is 15.7. The molecule has 12 rings (SSSR count). The van der Waals surface area contributed by atoms with E-state index in [1.807, 2.05) is 30.6 Å². The van der Waals surface area contributed by atoms with Crippen LogP contribution in [0.2, 0.25) is 0 Å². The molecule has 286 valence electrons. The fourth-order valence-corrected chi connectivity index (χ4v) is 9.60. The van der Waals surface area contributed by atoms with Crippen LogP contribution in [-0.2, 0) is 5.41 Å². The third kappa shape index (κ3) is 5.53. The quantitative estimate of drug-likeness (QED) is 0.162. The molecule has 8 aromatic carbocycles. The predicted molar refractivity (Wildman–Crippen MR) is 250 cm³/mol. The van der Waals surface area contributed by atoms with Crippen LogP contribution in [0.15, 0.2) is 229 Å². The minimum atomic E-state index is -0.789. The minimum absolute atomic E-state index is 0.789. The third-order valence-electron chi connectivity index (χ3n) is 12.4. The van der Waals surface area contributed by atoms with Crippen molar-refractivity contribution < 1.29 is 4.42 Å². The van der Waals surface area contributed by atoms with Gasteiger partial charge >= 0.3 is 0 Å². The topological polar surface area (TPSA) is 42.2 Å². The van der Waals surface area contributed by atoms with Gasteiger partial charge < -0.3 is 9.32 Å². The van der Waals surface area contributed by atoms with E-state index in [1.54, 1.807) is 0 Å². The highest BCUT2D eigenvalue weighted by Gasteiger charge is 2.49. The van der Waals surface area contributed by atoms with E-state index in [2.05, 4.69) is 199 Å². The third-order valence-corrected chi connectivity index (χ3v) is 12.4. The van der Waals surface area contributed by atoms with Crippen molar-refractivity contribution in [2.45, 2.75) is 5.41 Å². The first-order valence-corrected chi connectivity index (χ1v) is 20.7. The lowest BCUT2D eigenvalue weighted by molar-refractivity contribution is 0.667. The van der Waals surface area contributed by atoms with Gasteiger partial charge in [-0.05, 0) is 110 Å². The summed E-state index contributed by atoms with van der Waals surface area (Å²) in [6.45, 7) is 0. The smallest absolute Gasteiger partial charge is 0.143 e. The Kier molecular flexibility index (Phi) is 8.04. The lowest BCUT2D eigenvalue weighted by Gasteiger charge is -2.32. The highest BCUT2D eigenvalue weighted by molar-refractivity contribution is 6.12. The summed E-state index contributed by atoms with van der Waals surface area (Å²) in [4.78, 5) is 12.8. The Labute approximate surface area is 353 Å². The zero-order valence-electron chi connectivity index (χ0n) is 33.1. The largest absolute Gasteiger partial charge is 0.455 e. The highest BCUT2D eigenvalue weighted by Crippen LogP contribution is 2.57. The van der Waals surface area contributed by atoms with Crippen molar-refractivity contribution in [3.63, 3.8) is 0 Å². The maximum atomic E-state index is 6.71. The van der Waals surface area contributed by atoms with Gasteiger partial charge in [-0.2, -0.15) is 0 Å². The monoisotopic (exact) mass is 779 g/mol. The molecule has 0 radical (unpaired) electrons. The Morgan fingerprint density at radius 1 is 0.410 bits per heavy atom. The van der Waals surface area contributed by atoms with Crippen LogP contribution in [0.1, 0.15) is 22.5 Å². The van der Waals surface area contributed by atoms with Crippen LogP contribution in [0.3, 0.4) is 0 Å². The normalized spacial score (nSPS) is 14.3. The number of aromatic nitrogens is 2. The van der Waals surface area contributed by atoms with E-state index in [1.165, 1.54) is 27.5 Å². The van der Waals surface area contributed by atoms with Gasteiger partial charge in [0.15, 0.2) is 0 Å². The number of para-hydroxylation sites is 1. The molecule has 0 spiro atoms. The fraction of sp³-hybridized carbons (Fsp3) is 0.0175. The summed E-state index contributed by atoms with van der Waals surface area (Å²) in [5.74, 6) is 0. The zero-order valence-corrected chi connectivity index (χ0v) is 33.1. The summed E-state index contributed by atoms with van der Waals surface area (Å²) < 4.78 is 6.71. The maximum Gasteiger partial charge on any atom is 0.143 e. The lowest BCUT2D eigenvalue weighted by Crippen LogP contribution is -2.31. The molecular formula is C57H37N3O. The Morgan fingerprint density at radius 2 is 1.05 bits per heavy atom. The number of hydrogen-bond donors (Lipinski definition) is 0. The minimum Gasteiger partial charge on any atom is -0.455 e. The number of anilines is 3. The number of hydrogen-bond acceptors (Lipinski definition) is 4. The second-order valence-corrected chi connectivity index (χ2v) is 15.7. The summed E-state index contributed by atoms with van der Waals surface area (Å²) in [7, 11) is 0. The van der Waals surface area contributed by atoms with Crippen LogP contribution >= 0.6 is 0 Å². The average molecular weight is 780 g/mol. The van der Waals surface area contributed by atoms with Gasteiger partial charge in [-0.15, -0.1) is 0 Å². The van der Waals surface area contributed by atoms with Crippen molar-refractivity contribution in [1.82, 2.24) is 9.97 Å². The Hall–Kier alpha value is -8.08. The summed E-state index contributed by atoms with van der Waals surface area (Å²) in [6.07, 6.45) is 3.90. The maximum absolute atomic E-state index is 6.71. The molecule has 61 heavy (non-hydrogen) atoms. The Bertz CT molecular complexity index is 3390. The van der Waals surface area contributed by atoms with Crippen LogP contribution in [0, 0.1) is 0 Å².